The SMILES string of the molecule is O=C(c1cccc([N+](=O)[O-])c1)N1CCCC(Oc2ncc(Br)cn2)C1. The van der Waals surface area contributed by atoms with E-state index in [1.807, 2.05) is 0 Å². The first kappa shape index (κ1) is 17.3. The van der Waals surface area contributed by atoms with Crippen molar-refractivity contribution in [3.63, 3.8) is 0 Å². The lowest BCUT2D eigenvalue weighted by Crippen LogP contribution is -2.44. The highest BCUT2D eigenvalue weighted by Gasteiger charge is 2.27. The molecule has 0 aliphatic carbocycles. The van der Waals surface area contributed by atoms with Gasteiger partial charge in [0.05, 0.1) is 15.9 Å². The number of carbonyl (C=O) groups excluding carboxylic acids is 1. The Bertz CT molecular complexity index is 784. The summed E-state index contributed by atoms with van der Waals surface area (Å²) in [6, 6.07) is 6.02. The Morgan fingerprint density at radius 1 is 1.36 bits per heavy atom. The topological polar surface area (TPSA) is 98.5 Å². The van der Waals surface area contributed by atoms with Crippen LogP contribution in [0.3, 0.4) is 0 Å². The molecule has 3 rings (SSSR count). The lowest BCUT2D eigenvalue weighted by molar-refractivity contribution is -0.384. The van der Waals surface area contributed by atoms with E-state index in [1.165, 1.54) is 18.2 Å². The highest BCUT2D eigenvalue weighted by Crippen LogP contribution is 2.20. The number of halogens is 1. The van der Waals surface area contributed by atoms with Gasteiger partial charge in [-0.25, -0.2) is 9.97 Å². The summed E-state index contributed by atoms with van der Waals surface area (Å²) in [5, 5.41) is 10.9. The monoisotopic (exact) mass is 406 g/mol. The van der Waals surface area contributed by atoms with Gasteiger partial charge in [0.15, 0.2) is 0 Å². The molecule has 0 bridgehead atoms. The van der Waals surface area contributed by atoms with Crippen LogP contribution in [0.15, 0.2) is 41.1 Å². The molecule has 1 atom stereocenters. The molecule has 1 aromatic heterocycles. The molecule has 1 aliphatic heterocycles. The van der Waals surface area contributed by atoms with Gasteiger partial charge < -0.3 is 9.64 Å². The number of ether oxygens (including phenoxy) is 1. The van der Waals surface area contributed by atoms with Crippen molar-refractivity contribution in [3.05, 3.63) is 56.8 Å². The summed E-state index contributed by atoms with van der Waals surface area (Å²) in [7, 11) is 0. The minimum atomic E-state index is -0.510. The van der Waals surface area contributed by atoms with Gasteiger partial charge in [-0.2, -0.15) is 0 Å². The molecule has 1 saturated heterocycles. The molecular formula is C16H15BrN4O4. The number of hydrogen-bond donors (Lipinski definition) is 0. The Morgan fingerprint density at radius 2 is 2.12 bits per heavy atom. The fourth-order valence-corrected chi connectivity index (χ4v) is 2.87. The van der Waals surface area contributed by atoms with Crippen LogP contribution >= 0.6 is 15.9 Å². The van der Waals surface area contributed by atoms with Crippen molar-refractivity contribution in [2.45, 2.75) is 18.9 Å². The molecule has 9 heteroatoms. The fraction of sp³-hybridized carbons (Fsp3) is 0.312. The second-order valence-electron chi connectivity index (χ2n) is 5.62. The quantitative estimate of drug-likeness (QED) is 0.571. The molecule has 1 unspecified atom stereocenters. The van der Waals surface area contributed by atoms with Gasteiger partial charge in [-0.05, 0) is 34.8 Å². The number of hydrogen-bond acceptors (Lipinski definition) is 6. The zero-order valence-corrected chi connectivity index (χ0v) is 14.8. The third kappa shape index (κ3) is 4.30. The maximum Gasteiger partial charge on any atom is 0.316 e. The van der Waals surface area contributed by atoms with Crippen LogP contribution in [0, 0.1) is 10.1 Å². The minimum absolute atomic E-state index is 0.0982. The van der Waals surface area contributed by atoms with Crippen LogP contribution in [-0.4, -0.2) is 44.9 Å². The zero-order chi connectivity index (χ0) is 17.8. The van der Waals surface area contributed by atoms with Gasteiger partial charge in [-0.15, -0.1) is 0 Å². The molecule has 2 aromatic rings. The Hall–Kier alpha value is -2.55. The number of piperidine rings is 1. The van der Waals surface area contributed by atoms with Crippen molar-refractivity contribution in [3.8, 4) is 6.01 Å². The molecule has 25 heavy (non-hydrogen) atoms. The summed E-state index contributed by atoms with van der Waals surface area (Å²) in [6.07, 6.45) is 4.55. The van der Waals surface area contributed by atoms with Crippen LogP contribution in [0.4, 0.5) is 5.69 Å². The largest absolute Gasteiger partial charge is 0.458 e. The molecule has 0 saturated carbocycles. The summed E-state index contributed by atoms with van der Waals surface area (Å²) >= 11 is 3.26. The lowest BCUT2D eigenvalue weighted by atomic mass is 10.1. The van der Waals surface area contributed by atoms with E-state index >= 15 is 0 Å². The van der Waals surface area contributed by atoms with Crippen molar-refractivity contribution in [2.24, 2.45) is 0 Å². The van der Waals surface area contributed by atoms with Gasteiger partial charge in [0.2, 0.25) is 0 Å². The number of nitrogens with zero attached hydrogens (tertiary/aromatic N) is 4. The van der Waals surface area contributed by atoms with Crippen LogP contribution in [0.25, 0.3) is 0 Å². The molecule has 2 heterocycles. The third-order valence-corrected chi connectivity index (χ3v) is 4.25. The Kier molecular flexibility index (Phi) is 5.22. The number of non-ortho nitro benzene ring substituents is 1. The predicted molar refractivity (Wildman–Crippen MR) is 92.4 cm³/mol. The number of nitro benzene ring substituents is 1. The number of aromatic nitrogens is 2. The molecular weight excluding hydrogens is 392 g/mol. The van der Waals surface area contributed by atoms with Gasteiger partial charge in [0.25, 0.3) is 11.6 Å². The molecule has 0 spiro atoms. The van der Waals surface area contributed by atoms with E-state index in [0.29, 0.717) is 18.7 Å². The lowest BCUT2D eigenvalue weighted by Gasteiger charge is -2.32. The van der Waals surface area contributed by atoms with Gasteiger partial charge >= 0.3 is 6.01 Å². The van der Waals surface area contributed by atoms with E-state index in [9.17, 15) is 14.9 Å². The first-order chi connectivity index (χ1) is 12.0. The van der Waals surface area contributed by atoms with Crippen molar-refractivity contribution in [1.29, 1.82) is 0 Å². The van der Waals surface area contributed by atoms with Crippen LogP contribution < -0.4 is 4.74 Å². The van der Waals surface area contributed by atoms with Crippen LogP contribution in [0.2, 0.25) is 0 Å². The highest BCUT2D eigenvalue weighted by atomic mass is 79.9. The number of nitro groups is 1. The summed E-state index contributed by atoms with van der Waals surface area (Å²) in [5.41, 5.74) is 0.202. The molecule has 1 aromatic carbocycles. The van der Waals surface area contributed by atoms with Crippen molar-refractivity contribution < 1.29 is 14.5 Å². The van der Waals surface area contributed by atoms with E-state index in [2.05, 4.69) is 25.9 Å². The van der Waals surface area contributed by atoms with Gasteiger partial charge in [0, 0.05) is 36.6 Å². The Labute approximate surface area is 152 Å². The first-order valence-corrected chi connectivity index (χ1v) is 8.50. The zero-order valence-electron chi connectivity index (χ0n) is 13.2. The standard InChI is InChI=1S/C16H15BrN4O4/c17-12-8-18-16(19-9-12)25-14-5-2-6-20(10-14)15(22)11-3-1-4-13(7-11)21(23)24/h1,3-4,7-9,14H,2,5-6,10H2. The number of carbonyl (C=O) groups is 1. The second kappa shape index (κ2) is 7.56. The van der Waals surface area contributed by atoms with E-state index < -0.39 is 4.92 Å². The van der Waals surface area contributed by atoms with E-state index in [1.54, 1.807) is 23.4 Å². The summed E-state index contributed by atoms with van der Waals surface area (Å²) in [5.74, 6) is -0.242. The smallest absolute Gasteiger partial charge is 0.316 e. The van der Waals surface area contributed by atoms with Gasteiger partial charge in [-0.1, -0.05) is 6.07 Å². The van der Waals surface area contributed by atoms with E-state index in [-0.39, 0.29) is 23.7 Å². The van der Waals surface area contributed by atoms with E-state index in [4.69, 9.17) is 4.74 Å². The average Bonchev–Trinajstić information content (AvgIpc) is 2.63. The minimum Gasteiger partial charge on any atom is -0.458 e. The second-order valence-corrected chi connectivity index (χ2v) is 6.54. The molecule has 1 aliphatic rings. The summed E-state index contributed by atoms with van der Waals surface area (Å²) in [6.45, 7) is 0.976. The molecule has 1 amide bonds. The normalized spacial score (nSPS) is 17.2. The van der Waals surface area contributed by atoms with Crippen molar-refractivity contribution >= 4 is 27.5 Å². The van der Waals surface area contributed by atoms with Crippen LogP contribution in [0.5, 0.6) is 6.01 Å². The first-order valence-electron chi connectivity index (χ1n) is 7.71. The number of rotatable bonds is 4. The summed E-state index contributed by atoms with van der Waals surface area (Å²) < 4.78 is 6.50. The fourth-order valence-electron chi connectivity index (χ4n) is 2.66. The third-order valence-electron chi connectivity index (χ3n) is 3.84. The number of benzene rings is 1. The van der Waals surface area contributed by atoms with Gasteiger partial charge in [-0.3, -0.25) is 14.9 Å². The molecule has 1 fully saturated rings. The number of amides is 1. The predicted octanol–water partition coefficient (Wildman–Crippen LogP) is 2.83. The maximum absolute atomic E-state index is 12.6. The Balaban J connectivity index is 1.68. The Morgan fingerprint density at radius 3 is 2.84 bits per heavy atom. The van der Waals surface area contributed by atoms with Crippen LogP contribution in [0.1, 0.15) is 23.2 Å². The van der Waals surface area contributed by atoms with E-state index in [0.717, 1.165) is 17.3 Å². The summed E-state index contributed by atoms with van der Waals surface area (Å²) in [4.78, 5) is 32.8. The van der Waals surface area contributed by atoms with Gasteiger partial charge in [0.1, 0.15) is 6.10 Å². The van der Waals surface area contributed by atoms with Crippen LogP contribution in [-0.2, 0) is 0 Å². The van der Waals surface area contributed by atoms with Crippen molar-refractivity contribution in [1.82, 2.24) is 14.9 Å². The highest BCUT2D eigenvalue weighted by molar-refractivity contribution is 9.10. The molecule has 0 radical (unpaired) electrons. The molecule has 8 nitrogen and oxygen atoms in total. The molecule has 130 valence electrons. The molecule has 0 N–H and O–H groups in total. The number of likely N-dealkylation sites (tertiary alicyclic amines) is 1. The average molecular weight is 407 g/mol. The maximum atomic E-state index is 12.6. The van der Waals surface area contributed by atoms with Crippen molar-refractivity contribution in [2.75, 3.05) is 13.1 Å².